The van der Waals surface area contributed by atoms with Crippen LogP contribution in [0.1, 0.15) is 318 Å². The fourth-order valence-corrected chi connectivity index (χ4v) is 12.0. The second kappa shape index (κ2) is 36.6. The minimum absolute atomic E-state index is 0. The molecule has 61 heavy (non-hydrogen) atoms. The smallest absolute Gasteiger partial charge is 0.0698 e. The maximum absolute atomic E-state index is 10.8. The summed E-state index contributed by atoms with van der Waals surface area (Å²) < 4.78 is 0. The van der Waals surface area contributed by atoms with Crippen LogP contribution in [0.15, 0.2) is 0 Å². The van der Waals surface area contributed by atoms with Gasteiger partial charge in [-0.1, -0.05) is 190 Å². The van der Waals surface area contributed by atoms with E-state index in [0.717, 1.165) is 103 Å². The molecule has 0 spiro atoms. The summed E-state index contributed by atoms with van der Waals surface area (Å²) in [7, 11) is 0. The first-order valence-electron chi connectivity index (χ1n) is 27.1. The SMILES string of the molecule is CCCCC(CC)(CC)C(O)(CC)CC.CCCCC(CC)(CC)C(O)(CC)CC.CCCCC(CC)(CC)C(O)(CC)CC.CCCCC(CC)(CC)C(O)(CC)CC.[Ti]. The third-order valence-corrected chi connectivity index (χ3v) is 18.1. The third-order valence-electron chi connectivity index (χ3n) is 18.1. The Morgan fingerprint density at radius 2 is 0.328 bits per heavy atom. The van der Waals surface area contributed by atoms with E-state index in [1.165, 1.54) is 77.0 Å². The normalized spacial score (nSPS) is 13.0. The predicted octanol–water partition coefficient (Wildman–Crippen LogP) is 18.1. The summed E-state index contributed by atoms with van der Waals surface area (Å²) in [6.07, 6.45) is 30.4. The van der Waals surface area contributed by atoms with Crippen LogP contribution < -0.4 is 0 Å². The molecule has 0 saturated heterocycles. The van der Waals surface area contributed by atoms with Gasteiger partial charge in [0.15, 0.2) is 0 Å². The van der Waals surface area contributed by atoms with Crippen molar-refractivity contribution in [3.05, 3.63) is 0 Å². The van der Waals surface area contributed by atoms with Gasteiger partial charge in [-0.2, -0.15) is 0 Å². The number of unbranched alkanes of at least 4 members (excludes halogenated alkanes) is 4. The van der Waals surface area contributed by atoms with E-state index >= 15 is 0 Å². The zero-order valence-electron chi connectivity index (χ0n) is 46.1. The van der Waals surface area contributed by atoms with Crippen molar-refractivity contribution in [3.63, 3.8) is 0 Å². The van der Waals surface area contributed by atoms with Crippen LogP contribution in [0.5, 0.6) is 0 Å². The molecular formula is C56H120O4Ti. The Balaban J connectivity index is -0.000000227. The van der Waals surface area contributed by atoms with Crippen LogP contribution in [0, 0.1) is 21.7 Å². The van der Waals surface area contributed by atoms with E-state index in [9.17, 15) is 20.4 Å². The fraction of sp³-hybridized carbons (Fsp3) is 1.00. The van der Waals surface area contributed by atoms with Crippen molar-refractivity contribution in [1.82, 2.24) is 0 Å². The molecule has 4 N–H and O–H groups in total. The molecule has 0 amide bonds. The van der Waals surface area contributed by atoms with Crippen molar-refractivity contribution in [2.75, 3.05) is 0 Å². The summed E-state index contributed by atoms with van der Waals surface area (Å²) in [6.45, 7) is 43.7. The minimum atomic E-state index is -0.453. The molecule has 0 fully saturated rings. The van der Waals surface area contributed by atoms with Crippen molar-refractivity contribution in [1.29, 1.82) is 0 Å². The van der Waals surface area contributed by atoms with Gasteiger partial charge in [0, 0.05) is 21.7 Å². The molecule has 372 valence electrons. The van der Waals surface area contributed by atoms with Gasteiger partial charge in [-0.3, -0.25) is 0 Å². The maximum atomic E-state index is 10.8. The molecule has 0 aromatic rings. The summed E-state index contributed by atoms with van der Waals surface area (Å²) in [6, 6.07) is 0. The third kappa shape index (κ3) is 19.0. The van der Waals surface area contributed by atoms with Crippen molar-refractivity contribution >= 4 is 0 Å². The van der Waals surface area contributed by atoms with Gasteiger partial charge in [0.25, 0.3) is 0 Å². The van der Waals surface area contributed by atoms with Gasteiger partial charge >= 0.3 is 0 Å². The van der Waals surface area contributed by atoms with Gasteiger partial charge in [0.05, 0.1) is 22.4 Å². The Hall–Kier alpha value is 0.554. The number of hydrogen-bond acceptors (Lipinski definition) is 4. The molecule has 0 aliphatic carbocycles. The van der Waals surface area contributed by atoms with Crippen molar-refractivity contribution < 1.29 is 42.1 Å². The van der Waals surface area contributed by atoms with Crippen LogP contribution >= 0.6 is 0 Å². The summed E-state index contributed by atoms with van der Waals surface area (Å²) >= 11 is 0. The molecule has 4 nitrogen and oxygen atoms in total. The van der Waals surface area contributed by atoms with Crippen LogP contribution in [0.3, 0.4) is 0 Å². The Morgan fingerprint density at radius 3 is 0.393 bits per heavy atom. The van der Waals surface area contributed by atoms with E-state index in [4.69, 9.17) is 0 Å². The molecule has 0 saturated carbocycles. The van der Waals surface area contributed by atoms with Crippen molar-refractivity contribution in [2.24, 2.45) is 21.7 Å². The van der Waals surface area contributed by atoms with Gasteiger partial charge in [-0.05, 0) is 150 Å². The summed E-state index contributed by atoms with van der Waals surface area (Å²) in [4.78, 5) is 0. The van der Waals surface area contributed by atoms with Crippen LogP contribution in [0.2, 0.25) is 0 Å². The van der Waals surface area contributed by atoms with Crippen molar-refractivity contribution in [2.45, 2.75) is 341 Å². The van der Waals surface area contributed by atoms with E-state index in [2.05, 4.69) is 138 Å². The molecule has 0 bridgehead atoms. The van der Waals surface area contributed by atoms with Crippen LogP contribution in [-0.4, -0.2) is 42.8 Å². The van der Waals surface area contributed by atoms with Gasteiger partial charge < -0.3 is 20.4 Å². The molecule has 0 radical (unpaired) electrons. The Kier molecular flexibility index (Phi) is 42.4. The molecule has 0 aromatic carbocycles. The predicted molar refractivity (Wildman–Crippen MR) is 272 cm³/mol. The van der Waals surface area contributed by atoms with Gasteiger partial charge in [-0.25, -0.2) is 0 Å². The largest absolute Gasteiger partial charge is 0.389 e. The Morgan fingerprint density at radius 1 is 0.213 bits per heavy atom. The minimum Gasteiger partial charge on any atom is -0.389 e. The molecule has 0 aromatic heterocycles. The standard InChI is InChI=1S/4C14H30O.Ti/c4*1-6-11-12-13(7-2,8-3)14(15,9-4)10-5;/h4*15H,6-12H2,1-5H3;. The van der Waals surface area contributed by atoms with E-state index in [-0.39, 0.29) is 43.4 Å². The molecule has 0 aliphatic rings. The molecule has 0 aliphatic heterocycles. The van der Waals surface area contributed by atoms with Gasteiger partial charge in [-0.15, -0.1) is 0 Å². The molecule has 0 atom stereocenters. The zero-order valence-corrected chi connectivity index (χ0v) is 47.6. The van der Waals surface area contributed by atoms with Crippen LogP contribution in [-0.2, 0) is 21.7 Å². The maximum Gasteiger partial charge on any atom is 0.0698 e. The second-order valence-corrected chi connectivity index (χ2v) is 19.3. The first-order chi connectivity index (χ1) is 28.2. The zero-order chi connectivity index (χ0) is 47.8. The van der Waals surface area contributed by atoms with E-state index in [1.807, 2.05) is 0 Å². The summed E-state index contributed by atoms with van der Waals surface area (Å²) in [5, 5.41) is 43.1. The summed E-state index contributed by atoms with van der Waals surface area (Å²) in [5.41, 5.74) is -1.23. The second-order valence-electron chi connectivity index (χ2n) is 19.3. The monoisotopic (exact) mass is 905 g/mol. The number of hydrogen-bond donors (Lipinski definition) is 4. The van der Waals surface area contributed by atoms with Crippen LogP contribution in [0.4, 0.5) is 0 Å². The number of rotatable bonds is 32. The quantitative estimate of drug-likeness (QED) is 0.0507. The first-order valence-corrected chi connectivity index (χ1v) is 27.1. The number of aliphatic hydroxyl groups is 4. The molecule has 5 heteroatoms. The van der Waals surface area contributed by atoms with Crippen LogP contribution in [0.25, 0.3) is 0 Å². The Labute approximate surface area is 402 Å². The van der Waals surface area contributed by atoms with E-state index < -0.39 is 22.4 Å². The first kappa shape index (κ1) is 70.6. The summed E-state index contributed by atoms with van der Waals surface area (Å²) in [5.74, 6) is 0. The molecule has 0 rings (SSSR count). The average molecular weight is 905 g/mol. The van der Waals surface area contributed by atoms with E-state index in [1.54, 1.807) is 0 Å². The topological polar surface area (TPSA) is 80.9 Å². The van der Waals surface area contributed by atoms with Gasteiger partial charge in [0.2, 0.25) is 0 Å². The fourth-order valence-electron chi connectivity index (χ4n) is 12.0. The van der Waals surface area contributed by atoms with Crippen molar-refractivity contribution in [3.8, 4) is 0 Å². The molecule has 0 heterocycles. The average Bonchev–Trinajstić information content (AvgIpc) is 3.30. The van der Waals surface area contributed by atoms with E-state index in [0.29, 0.717) is 0 Å². The Bertz CT molecular complexity index is 778. The molecular weight excluding hydrogens is 784 g/mol. The van der Waals surface area contributed by atoms with Gasteiger partial charge in [0.1, 0.15) is 0 Å². The molecule has 0 unspecified atom stereocenters.